The summed E-state index contributed by atoms with van der Waals surface area (Å²) in [6.07, 6.45) is 2.28. The van der Waals surface area contributed by atoms with E-state index in [2.05, 4.69) is 16.4 Å². The van der Waals surface area contributed by atoms with Crippen molar-refractivity contribution in [2.45, 2.75) is 13.3 Å². The molecule has 3 rings (SSSR count). The Morgan fingerprint density at radius 3 is 2.78 bits per heavy atom. The van der Waals surface area contributed by atoms with Crippen LogP contribution in [0.3, 0.4) is 0 Å². The van der Waals surface area contributed by atoms with E-state index in [1.807, 2.05) is 18.2 Å². The van der Waals surface area contributed by atoms with Crippen LogP contribution in [0.4, 0.5) is 0 Å². The summed E-state index contributed by atoms with van der Waals surface area (Å²) < 4.78 is 1.44. The largest absolute Gasteiger partial charge is 0.351 e. The SMILES string of the molecule is Cc1ccc(C(=O)NCCc2ccccn2)c(=O)n1-c1cccc(C#N)c1. The molecular formula is C21H18N4O2. The number of carbonyl (C=O) groups excluding carboxylic acids is 1. The molecule has 0 aliphatic rings. The van der Waals surface area contributed by atoms with Crippen molar-refractivity contribution < 1.29 is 4.79 Å². The number of hydrogen-bond donors (Lipinski definition) is 1. The molecule has 0 fully saturated rings. The molecule has 134 valence electrons. The van der Waals surface area contributed by atoms with E-state index in [1.165, 1.54) is 10.6 Å². The first kappa shape index (κ1) is 18.1. The second kappa shape index (κ2) is 8.11. The van der Waals surface area contributed by atoms with Crippen molar-refractivity contribution in [3.63, 3.8) is 0 Å². The van der Waals surface area contributed by atoms with E-state index in [9.17, 15) is 9.59 Å². The van der Waals surface area contributed by atoms with Crippen molar-refractivity contribution in [2.75, 3.05) is 6.54 Å². The first-order chi connectivity index (χ1) is 13.1. The van der Waals surface area contributed by atoms with Crippen molar-refractivity contribution in [1.29, 1.82) is 5.26 Å². The van der Waals surface area contributed by atoms with Gasteiger partial charge in [-0.1, -0.05) is 12.1 Å². The Kier molecular flexibility index (Phi) is 5.43. The molecular weight excluding hydrogens is 340 g/mol. The summed E-state index contributed by atoms with van der Waals surface area (Å²) in [5.74, 6) is -0.430. The lowest BCUT2D eigenvalue weighted by Crippen LogP contribution is -2.34. The minimum atomic E-state index is -0.430. The number of hydrogen-bond acceptors (Lipinski definition) is 4. The molecule has 0 saturated heterocycles. The van der Waals surface area contributed by atoms with Gasteiger partial charge < -0.3 is 5.32 Å². The third-order valence-corrected chi connectivity index (χ3v) is 4.15. The maximum atomic E-state index is 12.9. The average molecular weight is 358 g/mol. The monoisotopic (exact) mass is 358 g/mol. The van der Waals surface area contributed by atoms with Gasteiger partial charge in [0, 0.05) is 30.6 Å². The number of pyridine rings is 2. The number of carbonyl (C=O) groups is 1. The zero-order valence-electron chi connectivity index (χ0n) is 14.8. The van der Waals surface area contributed by atoms with Crippen LogP contribution in [0.5, 0.6) is 0 Å². The van der Waals surface area contributed by atoms with Gasteiger partial charge in [-0.3, -0.25) is 19.1 Å². The molecule has 27 heavy (non-hydrogen) atoms. The molecule has 1 amide bonds. The topological polar surface area (TPSA) is 87.8 Å². The molecule has 1 N–H and O–H groups in total. The van der Waals surface area contributed by atoms with Gasteiger partial charge in [0.05, 0.1) is 17.3 Å². The Balaban J connectivity index is 1.83. The van der Waals surface area contributed by atoms with Crippen LogP contribution in [0, 0.1) is 18.3 Å². The van der Waals surface area contributed by atoms with Crippen LogP contribution in [0.1, 0.15) is 27.3 Å². The smallest absolute Gasteiger partial charge is 0.268 e. The number of aryl methyl sites for hydroxylation is 1. The van der Waals surface area contributed by atoms with Crippen molar-refractivity contribution in [2.24, 2.45) is 0 Å². The van der Waals surface area contributed by atoms with Crippen LogP contribution >= 0.6 is 0 Å². The lowest BCUT2D eigenvalue weighted by Gasteiger charge is -2.12. The zero-order valence-corrected chi connectivity index (χ0v) is 14.8. The molecule has 0 aliphatic carbocycles. The van der Waals surface area contributed by atoms with E-state index in [0.29, 0.717) is 29.9 Å². The van der Waals surface area contributed by atoms with Gasteiger partial charge in [-0.2, -0.15) is 5.26 Å². The van der Waals surface area contributed by atoms with Gasteiger partial charge in [0.1, 0.15) is 5.56 Å². The zero-order chi connectivity index (χ0) is 19.2. The van der Waals surface area contributed by atoms with Crippen molar-refractivity contribution in [3.05, 3.63) is 93.7 Å². The molecule has 0 unspecified atom stereocenters. The molecule has 0 atom stereocenters. The Labute approximate surface area is 156 Å². The molecule has 6 nitrogen and oxygen atoms in total. The van der Waals surface area contributed by atoms with Crippen LogP contribution in [0.15, 0.2) is 65.6 Å². The highest BCUT2D eigenvalue weighted by molar-refractivity contribution is 5.93. The van der Waals surface area contributed by atoms with Crippen LogP contribution in [-0.4, -0.2) is 22.0 Å². The normalized spacial score (nSPS) is 10.2. The number of rotatable bonds is 5. The van der Waals surface area contributed by atoms with Crippen molar-refractivity contribution >= 4 is 5.91 Å². The maximum Gasteiger partial charge on any atom is 0.268 e. The summed E-state index contributed by atoms with van der Waals surface area (Å²) in [6.45, 7) is 2.16. The fourth-order valence-electron chi connectivity index (χ4n) is 2.78. The Bertz CT molecular complexity index is 1070. The Morgan fingerprint density at radius 2 is 2.04 bits per heavy atom. The standard InChI is InChI=1S/C21H18N4O2/c1-15-8-9-19(20(26)24-12-10-17-6-2-3-11-23-17)21(27)25(15)18-7-4-5-16(13-18)14-22/h2-9,11,13H,10,12H2,1H3,(H,24,26). The first-order valence-corrected chi connectivity index (χ1v) is 8.51. The molecule has 1 aromatic carbocycles. The summed E-state index contributed by atoms with van der Waals surface area (Å²) in [7, 11) is 0. The second-order valence-electron chi connectivity index (χ2n) is 6.02. The molecule has 0 saturated carbocycles. The Hall–Kier alpha value is -3.72. The van der Waals surface area contributed by atoms with Crippen LogP contribution < -0.4 is 10.9 Å². The quantitative estimate of drug-likeness (QED) is 0.758. The summed E-state index contributed by atoms with van der Waals surface area (Å²) in [4.78, 5) is 29.6. The van der Waals surface area contributed by atoms with Gasteiger partial charge in [-0.15, -0.1) is 0 Å². The second-order valence-corrected chi connectivity index (χ2v) is 6.02. The molecule has 2 heterocycles. The molecule has 0 spiro atoms. The third-order valence-electron chi connectivity index (χ3n) is 4.15. The average Bonchev–Trinajstić information content (AvgIpc) is 2.69. The van der Waals surface area contributed by atoms with Gasteiger partial charge >= 0.3 is 0 Å². The van der Waals surface area contributed by atoms with Crippen molar-refractivity contribution in [1.82, 2.24) is 14.9 Å². The molecule has 0 radical (unpaired) electrons. The number of aromatic nitrogens is 2. The molecule has 3 aromatic rings. The highest BCUT2D eigenvalue weighted by Gasteiger charge is 2.15. The minimum absolute atomic E-state index is 0.0592. The predicted molar refractivity (Wildman–Crippen MR) is 102 cm³/mol. The molecule has 6 heteroatoms. The first-order valence-electron chi connectivity index (χ1n) is 8.51. The van der Waals surface area contributed by atoms with E-state index < -0.39 is 11.5 Å². The summed E-state index contributed by atoms with van der Waals surface area (Å²) in [5, 5.41) is 11.8. The third kappa shape index (κ3) is 4.10. The van der Waals surface area contributed by atoms with E-state index in [0.717, 1.165) is 5.69 Å². The van der Waals surface area contributed by atoms with Crippen LogP contribution in [0.2, 0.25) is 0 Å². The van der Waals surface area contributed by atoms with E-state index in [-0.39, 0.29) is 5.56 Å². The lowest BCUT2D eigenvalue weighted by atomic mass is 10.1. The number of nitriles is 1. The summed E-state index contributed by atoms with van der Waals surface area (Å²) >= 11 is 0. The number of amides is 1. The van der Waals surface area contributed by atoms with Gasteiger partial charge in [-0.25, -0.2) is 0 Å². The fourth-order valence-corrected chi connectivity index (χ4v) is 2.78. The predicted octanol–water partition coefficient (Wildman–Crippen LogP) is 2.39. The molecule has 2 aromatic heterocycles. The maximum absolute atomic E-state index is 12.9. The van der Waals surface area contributed by atoms with E-state index >= 15 is 0 Å². The van der Waals surface area contributed by atoms with Gasteiger partial charge in [-0.05, 0) is 49.4 Å². The number of nitrogens with zero attached hydrogens (tertiary/aromatic N) is 3. The minimum Gasteiger partial charge on any atom is -0.351 e. The molecule has 0 aliphatic heterocycles. The fraction of sp³-hybridized carbons (Fsp3) is 0.143. The summed E-state index contributed by atoms with van der Waals surface area (Å²) in [5.41, 5.74) is 2.20. The molecule has 0 bridgehead atoms. The Morgan fingerprint density at radius 1 is 1.19 bits per heavy atom. The van der Waals surface area contributed by atoms with Crippen LogP contribution in [-0.2, 0) is 6.42 Å². The highest BCUT2D eigenvalue weighted by atomic mass is 16.2. The van der Waals surface area contributed by atoms with E-state index in [4.69, 9.17) is 5.26 Å². The summed E-state index contributed by atoms with van der Waals surface area (Å²) in [6, 6.07) is 17.6. The lowest BCUT2D eigenvalue weighted by molar-refractivity contribution is 0.0952. The van der Waals surface area contributed by atoms with Gasteiger partial charge in [0.15, 0.2) is 0 Å². The number of nitrogens with one attached hydrogen (secondary N) is 1. The highest BCUT2D eigenvalue weighted by Crippen LogP contribution is 2.11. The van der Waals surface area contributed by atoms with Crippen LogP contribution in [0.25, 0.3) is 5.69 Å². The van der Waals surface area contributed by atoms with Crippen molar-refractivity contribution in [3.8, 4) is 11.8 Å². The number of benzene rings is 1. The van der Waals surface area contributed by atoms with Gasteiger partial charge in [0.2, 0.25) is 0 Å². The van der Waals surface area contributed by atoms with E-state index in [1.54, 1.807) is 43.5 Å². The van der Waals surface area contributed by atoms with Gasteiger partial charge in [0.25, 0.3) is 11.5 Å².